The van der Waals surface area contributed by atoms with Crippen LogP contribution in [-0.2, 0) is 12.0 Å². The van der Waals surface area contributed by atoms with Gasteiger partial charge in [-0.15, -0.1) is 0 Å². The van der Waals surface area contributed by atoms with Crippen molar-refractivity contribution in [3.63, 3.8) is 0 Å². The number of rotatable bonds is 5. The maximum absolute atomic E-state index is 10.0. The van der Waals surface area contributed by atoms with Crippen LogP contribution in [0.4, 0.5) is 0 Å². The topological polar surface area (TPSA) is 39.5 Å². The molecule has 4 heteroatoms. The van der Waals surface area contributed by atoms with Crippen LogP contribution >= 0.6 is 0 Å². The second-order valence-electron chi connectivity index (χ2n) is 8.45. The van der Waals surface area contributed by atoms with Crippen molar-refractivity contribution < 1.29 is 4.74 Å². The summed E-state index contributed by atoms with van der Waals surface area (Å²) in [6.07, 6.45) is 4.07. The summed E-state index contributed by atoms with van der Waals surface area (Å²) in [5.74, 6) is 0.841. The van der Waals surface area contributed by atoms with E-state index < -0.39 is 0 Å². The lowest BCUT2D eigenvalue weighted by Crippen LogP contribution is -2.51. The maximum Gasteiger partial charge on any atom is 0.119 e. The molecule has 2 aromatic rings. The third-order valence-electron chi connectivity index (χ3n) is 6.82. The Hall–Kier alpha value is -2.35. The van der Waals surface area contributed by atoms with Crippen molar-refractivity contribution in [3.05, 3.63) is 65.7 Å². The minimum Gasteiger partial charge on any atom is -0.497 e. The van der Waals surface area contributed by atoms with Gasteiger partial charge in [0.1, 0.15) is 5.75 Å². The van der Waals surface area contributed by atoms with Gasteiger partial charge in [0, 0.05) is 38.8 Å². The molecular formula is C25H31N3O. The fraction of sp³-hybridized carbons (Fsp3) is 0.480. The van der Waals surface area contributed by atoms with Gasteiger partial charge < -0.3 is 4.74 Å². The first-order valence-electron chi connectivity index (χ1n) is 10.8. The monoisotopic (exact) mass is 389 g/mol. The van der Waals surface area contributed by atoms with Crippen molar-refractivity contribution in [1.29, 1.82) is 5.26 Å². The van der Waals surface area contributed by atoms with E-state index >= 15 is 0 Å². The van der Waals surface area contributed by atoms with Gasteiger partial charge in [0.25, 0.3) is 0 Å². The fourth-order valence-electron chi connectivity index (χ4n) is 4.97. The van der Waals surface area contributed by atoms with Crippen LogP contribution in [0.3, 0.4) is 0 Å². The van der Waals surface area contributed by atoms with Gasteiger partial charge in [-0.05, 0) is 48.9 Å². The molecule has 0 bridgehead atoms. The number of nitriles is 1. The zero-order chi connectivity index (χ0) is 20.1. The highest BCUT2D eigenvalue weighted by Gasteiger charge is 2.39. The van der Waals surface area contributed by atoms with E-state index in [1.54, 1.807) is 7.11 Å². The molecule has 2 aromatic carbocycles. The van der Waals surface area contributed by atoms with Gasteiger partial charge in [-0.25, -0.2) is 0 Å². The normalized spacial score (nSPS) is 26.0. The Balaban J connectivity index is 1.32. The van der Waals surface area contributed by atoms with Gasteiger partial charge in [0.2, 0.25) is 0 Å². The number of ether oxygens (including phenoxy) is 1. The first-order valence-corrected chi connectivity index (χ1v) is 10.8. The zero-order valence-corrected chi connectivity index (χ0v) is 17.4. The minimum absolute atomic E-state index is 0.361. The summed E-state index contributed by atoms with van der Waals surface area (Å²) in [5, 5.41) is 10.0. The second-order valence-corrected chi connectivity index (χ2v) is 8.45. The van der Waals surface area contributed by atoms with Crippen LogP contribution in [-0.4, -0.2) is 49.1 Å². The smallest absolute Gasteiger partial charge is 0.119 e. The molecule has 0 atom stereocenters. The third-order valence-corrected chi connectivity index (χ3v) is 6.82. The van der Waals surface area contributed by atoms with Crippen LogP contribution in [0.2, 0.25) is 0 Å². The molecule has 2 aliphatic rings. The van der Waals surface area contributed by atoms with Crippen LogP contribution in [0.15, 0.2) is 54.6 Å². The van der Waals surface area contributed by atoms with Crippen LogP contribution in [0.25, 0.3) is 0 Å². The zero-order valence-electron chi connectivity index (χ0n) is 17.4. The molecule has 0 radical (unpaired) electrons. The Morgan fingerprint density at radius 2 is 1.72 bits per heavy atom. The first-order chi connectivity index (χ1) is 14.2. The number of hydrogen-bond acceptors (Lipinski definition) is 4. The predicted molar refractivity (Wildman–Crippen MR) is 116 cm³/mol. The molecule has 0 unspecified atom stereocenters. The molecule has 1 saturated carbocycles. The van der Waals surface area contributed by atoms with E-state index in [0.717, 1.165) is 69.7 Å². The molecular weight excluding hydrogens is 358 g/mol. The van der Waals surface area contributed by atoms with Crippen LogP contribution < -0.4 is 4.74 Å². The number of nitrogens with zero attached hydrogens (tertiary/aromatic N) is 3. The van der Waals surface area contributed by atoms with Crippen LogP contribution in [0.5, 0.6) is 5.75 Å². The second kappa shape index (κ2) is 8.98. The summed E-state index contributed by atoms with van der Waals surface area (Å²) in [4.78, 5) is 5.22. The molecule has 0 amide bonds. The fourth-order valence-corrected chi connectivity index (χ4v) is 4.97. The van der Waals surface area contributed by atoms with Gasteiger partial charge in [-0.3, -0.25) is 9.80 Å². The SMILES string of the molecule is COc1cccc([C@]2(C#N)CC[C@@H](N3CCN(Cc4ccccc4)CC3)CC2)c1. The highest BCUT2D eigenvalue weighted by atomic mass is 16.5. The van der Waals surface area contributed by atoms with E-state index in [9.17, 15) is 5.26 Å². The molecule has 0 N–H and O–H groups in total. The van der Waals surface area contributed by atoms with Gasteiger partial charge >= 0.3 is 0 Å². The number of piperazine rings is 1. The van der Waals surface area contributed by atoms with Crippen molar-refractivity contribution in [2.24, 2.45) is 0 Å². The summed E-state index contributed by atoms with van der Waals surface area (Å²) >= 11 is 0. The quantitative estimate of drug-likeness (QED) is 0.768. The van der Waals surface area contributed by atoms with Crippen molar-refractivity contribution in [1.82, 2.24) is 9.80 Å². The molecule has 4 rings (SSSR count). The van der Waals surface area contributed by atoms with Crippen molar-refractivity contribution in [2.45, 2.75) is 43.7 Å². The molecule has 1 saturated heterocycles. The maximum atomic E-state index is 10.0. The standard InChI is InChI=1S/C25H31N3O/c1-29-24-9-5-8-22(18-24)25(20-26)12-10-23(11-13-25)28-16-14-27(15-17-28)19-21-6-3-2-4-7-21/h2-9,18,23H,10-17,19H2,1H3/t23-,25-. The van der Waals surface area contributed by atoms with Gasteiger partial charge in [0.05, 0.1) is 18.6 Å². The Bertz CT molecular complexity index is 829. The molecule has 29 heavy (non-hydrogen) atoms. The molecule has 4 nitrogen and oxygen atoms in total. The molecule has 1 heterocycles. The van der Waals surface area contributed by atoms with Crippen molar-refractivity contribution >= 4 is 0 Å². The highest BCUT2D eigenvalue weighted by molar-refractivity contribution is 5.38. The van der Waals surface area contributed by atoms with E-state index in [4.69, 9.17) is 4.74 Å². The van der Waals surface area contributed by atoms with Crippen LogP contribution in [0.1, 0.15) is 36.8 Å². The average molecular weight is 390 g/mol. The van der Waals surface area contributed by atoms with E-state index in [-0.39, 0.29) is 5.41 Å². The molecule has 2 fully saturated rings. The Kier molecular flexibility index (Phi) is 6.18. The summed E-state index contributed by atoms with van der Waals surface area (Å²) in [7, 11) is 1.69. The predicted octanol–water partition coefficient (Wildman–Crippen LogP) is 4.22. The molecule has 152 valence electrons. The van der Waals surface area contributed by atoms with E-state index in [2.05, 4.69) is 52.3 Å². The third kappa shape index (κ3) is 4.47. The van der Waals surface area contributed by atoms with Gasteiger partial charge in [0.15, 0.2) is 0 Å². The number of hydrogen-bond donors (Lipinski definition) is 0. The Morgan fingerprint density at radius 3 is 2.38 bits per heavy atom. The number of benzene rings is 2. The molecule has 0 aromatic heterocycles. The van der Waals surface area contributed by atoms with E-state index in [1.807, 2.05) is 18.2 Å². The van der Waals surface area contributed by atoms with Crippen molar-refractivity contribution in [2.75, 3.05) is 33.3 Å². The Labute approximate surface area is 174 Å². The highest BCUT2D eigenvalue weighted by Crippen LogP contribution is 2.41. The lowest BCUT2D eigenvalue weighted by molar-refractivity contribution is 0.0677. The minimum atomic E-state index is -0.361. The molecule has 1 aliphatic carbocycles. The lowest BCUT2D eigenvalue weighted by atomic mass is 9.69. The van der Waals surface area contributed by atoms with Gasteiger partial charge in [-0.1, -0.05) is 42.5 Å². The van der Waals surface area contributed by atoms with Gasteiger partial charge in [-0.2, -0.15) is 5.26 Å². The largest absolute Gasteiger partial charge is 0.497 e. The number of methoxy groups -OCH3 is 1. The summed E-state index contributed by atoms with van der Waals surface area (Å²) in [5.41, 5.74) is 2.15. The first kappa shape index (κ1) is 19.9. The van der Waals surface area contributed by atoms with Crippen LogP contribution in [0, 0.1) is 11.3 Å². The summed E-state index contributed by atoms with van der Waals surface area (Å²) in [6.45, 7) is 5.58. The van der Waals surface area contributed by atoms with Crippen molar-refractivity contribution in [3.8, 4) is 11.8 Å². The summed E-state index contributed by atoms with van der Waals surface area (Å²) in [6, 6.07) is 22.1. The Morgan fingerprint density at radius 1 is 1.00 bits per heavy atom. The molecule has 1 aliphatic heterocycles. The van der Waals surface area contributed by atoms with E-state index in [1.165, 1.54) is 5.56 Å². The average Bonchev–Trinajstić information content (AvgIpc) is 2.80. The van der Waals surface area contributed by atoms with E-state index in [0.29, 0.717) is 6.04 Å². The summed E-state index contributed by atoms with van der Waals surface area (Å²) < 4.78 is 5.38. The lowest BCUT2D eigenvalue weighted by Gasteiger charge is -2.44. The molecule has 0 spiro atoms.